The number of carbonyl (C=O) groups excluding carboxylic acids is 2. The van der Waals surface area contributed by atoms with Crippen LogP contribution in [0.2, 0.25) is 0 Å². The molecule has 2 bridgehead atoms. The van der Waals surface area contributed by atoms with Gasteiger partial charge in [-0.25, -0.2) is 0 Å². The molecule has 2 aliphatic carbocycles. The Labute approximate surface area is 228 Å². The molecule has 6 rings (SSSR count). The van der Waals surface area contributed by atoms with Crippen LogP contribution in [-0.4, -0.2) is 21.5 Å². The molecule has 0 radical (unpaired) electrons. The highest BCUT2D eigenvalue weighted by atomic mass is 79.9. The van der Waals surface area contributed by atoms with Gasteiger partial charge in [0.15, 0.2) is 0 Å². The normalized spacial score (nSPS) is 29.1. The van der Waals surface area contributed by atoms with E-state index in [1.54, 1.807) is 12.1 Å². The van der Waals surface area contributed by atoms with Gasteiger partial charge in [0.2, 0.25) is 11.8 Å². The highest BCUT2D eigenvalue weighted by Crippen LogP contribution is 2.60. The van der Waals surface area contributed by atoms with Gasteiger partial charge in [-0.3, -0.25) is 14.5 Å². The van der Waals surface area contributed by atoms with Gasteiger partial charge < -0.3 is 4.74 Å². The fraction of sp³-hybridized carbons (Fsp3) is 0.333. The summed E-state index contributed by atoms with van der Waals surface area (Å²) < 4.78 is 6.07. The monoisotopic (exact) mass is 607 g/mol. The Morgan fingerprint density at radius 3 is 1.72 bits per heavy atom. The number of ether oxygens (including phenoxy) is 1. The predicted molar refractivity (Wildman–Crippen MR) is 148 cm³/mol. The SMILES string of the molecule is CC(C)(c1ccccc1)c1ccc(Oc2ccc(N3C(=O)C4C5CC(C(Br)C5Br)C4C3=O)cc2)cc1. The van der Waals surface area contributed by atoms with E-state index in [0.29, 0.717) is 11.4 Å². The van der Waals surface area contributed by atoms with Crippen LogP contribution in [0.3, 0.4) is 0 Å². The highest BCUT2D eigenvalue weighted by molar-refractivity contribution is 9.12. The molecule has 0 aromatic heterocycles. The Morgan fingerprint density at radius 1 is 0.722 bits per heavy atom. The molecule has 1 saturated heterocycles. The van der Waals surface area contributed by atoms with Crippen LogP contribution in [0.5, 0.6) is 11.5 Å². The minimum absolute atomic E-state index is 0.0633. The van der Waals surface area contributed by atoms with E-state index >= 15 is 0 Å². The minimum Gasteiger partial charge on any atom is -0.457 e. The number of fused-ring (bicyclic) bond motifs is 5. The number of imide groups is 1. The predicted octanol–water partition coefficient (Wildman–Crippen LogP) is 7.09. The number of benzene rings is 3. The third kappa shape index (κ3) is 3.67. The van der Waals surface area contributed by atoms with Crippen LogP contribution in [0.25, 0.3) is 0 Å². The first kappa shape index (κ1) is 23.9. The molecule has 6 unspecified atom stereocenters. The van der Waals surface area contributed by atoms with Crippen molar-refractivity contribution in [3.8, 4) is 11.5 Å². The fourth-order valence-corrected chi connectivity index (χ4v) is 8.24. The molecule has 2 saturated carbocycles. The zero-order valence-corrected chi connectivity index (χ0v) is 23.3. The van der Waals surface area contributed by atoms with E-state index in [9.17, 15) is 9.59 Å². The molecule has 0 N–H and O–H groups in total. The van der Waals surface area contributed by atoms with Gasteiger partial charge in [0.25, 0.3) is 0 Å². The van der Waals surface area contributed by atoms with E-state index in [0.717, 1.165) is 12.2 Å². The lowest BCUT2D eigenvalue weighted by molar-refractivity contribution is -0.123. The summed E-state index contributed by atoms with van der Waals surface area (Å²) in [4.78, 5) is 28.4. The molecule has 4 nitrogen and oxygen atoms in total. The second-order valence-corrected chi connectivity index (χ2v) is 12.7. The van der Waals surface area contributed by atoms with Crippen molar-refractivity contribution in [2.75, 3.05) is 4.90 Å². The Balaban J connectivity index is 1.17. The van der Waals surface area contributed by atoms with Crippen molar-refractivity contribution < 1.29 is 14.3 Å². The second kappa shape index (κ2) is 8.84. The van der Waals surface area contributed by atoms with Crippen molar-refractivity contribution in [3.63, 3.8) is 0 Å². The molecule has 1 aliphatic heterocycles. The maximum Gasteiger partial charge on any atom is 0.238 e. The third-order valence-corrected chi connectivity index (χ3v) is 11.6. The van der Waals surface area contributed by atoms with Crippen molar-refractivity contribution in [2.24, 2.45) is 23.7 Å². The third-order valence-electron chi connectivity index (χ3n) is 8.39. The number of amides is 2. The molecule has 0 spiro atoms. The van der Waals surface area contributed by atoms with E-state index in [-0.39, 0.29) is 50.6 Å². The summed E-state index contributed by atoms with van der Waals surface area (Å²) in [5.74, 6) is 1.27. The van der Waals surface area contributed by atoms with Crippen LogP contribution >= 0.6 is 31.9 Å². The standard InChI is InChI=1S/C30H27Br2NO3/c1-30(2,17-6-4-3-5-7-17)18-8-12-20(13-9-18)36-21-14-10-19(11-15-21)33-28(34)24-22-16-23(25(24)29(33)35)27(32)26(22)31/h3-15,22-27H,16H2,1-2H3. The first-order valence-corrected chi connectivity index (χ1v) is 14.2. The van der Waals surface area contributed by atoms with Crippen molar-refractivity contribution >= 4 is 49.4 Å². The Hall–Kier alpha value is -2.44. The molecule has 6 heteroatoms. The molecule has 6 atom stereocenters. The molecule has 3 aromatic carbocycles. The molecular formula is C30H27Br2NO3. The van der Waals surface area contributed by atoms with Crippen molar-refractivity contribution in [1.82, 2.24) is 0 Å². The van der Waals surface area contributed by atoms with Gasteiger partial charge in [0, 0.05) is 15.1 Å². The summed E-state index contributed by atoms with van der Waals surface area (Å²) in [5.41, 5.74) is 2.97. The Bertz CT molecular complexity index is 1270. The summed E-state index contributed by atoms with van der Waals surface area (Å²) in [6.45, 7) is 4.43. The quantitative estimate of drug-likeness (QED) is 0.229. The smallest absolute Gasteiger partial charge is 0.238 e. The number of alkyl halides is 2. The van der Waals surface area contributed by atoms with E-state index in [1.165, 1.54) is 16.0 Å². The van der Waals surface area contributed by atoms with Crippen LogP contribution in [0.15, 0.2) is 78.9 Å². The van der Waals surface area contributed by atoms with Crippen molar-refractivity contribution in [2.45, 2.75) is 35.3 Å². The van der Waals surface area contributed by atoms with Crippen molar-refractivity contribution in [1.29, 1.82) is 0 Å². The maximum absolute atomic E-state index is 13.3. The molecule has 3 aliphatic rings. The number of anilines is 1. The van der Waals surface area contributed by atoms with E-state index in [1.807, 2.05) is 30.3 Å². The van der Waals surface area contributed by atoms with Gasteiger partial charge >= 0.3 is 0 Å². The number of nitrogens with zero attached hydrogens (tertiary/aromatic N) is 1. The average molecular weight is 609 g/mol. The zero-order chi connectivity index (χ0) is 25.2. The molecule has 1 heterocycles. The molecular weight excluding hydrogens is 582 g/mol. The first-order valence-electron chi connectivity index (χ1n) is 12.4. The van der Waals surface area contributed by atoms with Crippen LogP contribution < -0.4 is 9.64 Å². The number of hydrogen-bond donors (Lipinski definition) is 0. The number of carbonyl (C=O) groups is 2. The maximum atomic E-state index is 13.3. The lowest BCUT2D eigenvalue weighted by Gasteiger charge is -2.28. The molecule has 36 heavy (non-hydrogen) atoms. The molecule has 2 amide bonds. The number of halogens is 2. The summed E-state index contributed by atoms with van der Waals surface area (Å²) in [7, 11) is 0. The lowest BCUT2D eigenvalue weighted by atomic mass is 9.78. The summed E-state index contributed by atoms with van der Waals surface area (Å²) in [5, 5.41) is 0. The molecule has 3 fully saturated rings. The van der Waals surface area contributed by atoms with Gasteiger partial charge in [0.05, 0.1) is 17.5 Å². The Morgan fingerprint density at radius 2 is 1.19 bits per heavy atom. The van der Waals surface area contributed by atoms with Crippen LogP contribution in [0, 0.1) is 23.7 Å². The van der Waals surface area contributed by atoms with E-state index in [2.05, 4.69) is 82.1 Å². The minimum atomic E-state index is -0.213. The van der Waals surface area contributed by atoms with E-state index < -0.39 is 0 Å². The average Bonchev–Trinajstić information content (AvgIpc) is 3.50. The Kier molecular flexibility index (Phi) is 5.88. The van der Waals surface area contributed by atoms with Crippen LogP contribution in [-0.2, 0) is 15.0 Å². The van der Waals surface area contributed by atoms with E-state index in [4.69, 9.17) is 4.74 Å². The molecule has 3 aromatic rings. The molecule has 184 valence electrons. The van der Waals surface area contributed by atoms with Gasteiger partial charge in [-0.05, 0) is 65.8 Å². The van der Waals surface area contributed by atoms with Gasteiger partial charge in [-0.1, -0.05) is 88.2 Å². The largest absolute Gasteiger partial charge is 0.457 e. The summed E-state index contributed by atoms with van der Waals surface area (Å²) in [6, 6.07) is 25.9. The summed E-state index contributed by atoms with van der Waals surface area (Å²) >= 11 is 7.49. The topological polar surface area (TPSA) is 46.6 Å². The number of rotatable bonds is 5. The first-order chi connectivity index (χ1) is 17.3. The lowest BCUT2D eigenvalue weighted by Crippen LogP contribution is -2.37. The van der Waals surface area contributed by atoms with Gasteiger partial charge in [-0.2, -0.15) is 0 Å². The van der Waals surface area contributed by atoms with Gasteiger partial charge in [0.1, 0.15) is 11.5 Å². The van der Waals surface area contributed by atoms with Crippen LogP contribution in [0.1, 0.15) is 31.4 Å². The zero-order valence-electron chi connectivity index (χ0n) is 20.1. The second-order valence-electron chi connectivity index (χ2n) is 10.6. The highest BCUT2D eigenvalue weighted by Gasteiger charge is 2.66. The van der Waals surface area contributed by atoms with Crippen molar-refractivity contribution in [3.05, 3.63) is 90.0 Å². The van der Waals surface area contributed by atoms with Gasteiger partial charge in [-0.15, -0.1) is 0 Å². The summed E-state index contributed by atoms with van der Waals surface area (Å²) in [6.07, 6.45) is 0.931. The number of hydrogen-bond acceptors (Lipinski definition) is 3. The fourth-order valence-electron chi connectivity index (χ4n) is 6.36. The van der Waals surface area contributed by atoms with Crippen LogP contribution in [0.4, 0.5) is 5.69 Å².